The Hall–Kier alpha value is -3.10. The van der Waals surface area contributed by atoms with E-state index in [4.69, 9.17) is 21.1 Å². The molecule has 2 unspecified atom stereocenters. The minimum Gasteiger partial charge on any atom is -0.496 e. The number of nitrogens with zero attached hydrogens (tertiary/aromatic N) is 2. The number of fused-ring (bicyclic) bond motifs is 1. The average molecular weight is 543 g/mol. The Morgan fingerprint density at radius 3 is 2.42 bits per heavy atom. The molecule has 204 valence electrons. The summed E-state index contributed by atoms with van der Waals surface area (Å²) < 4.78 is 12.2. The maximum Gasteiger partial charge on any atom is 0.306 e. The van der Waals surface area contributed by atoms with Gasteiger partial charge in [0.2, 0.25) is 5.91 Å². The van der Waals surface area contributed by atoms with Gasteiger partial charge in [-0.1, -0.05) is 50.6 Å². The van der Waals surface area contributed by atoms with E-state index in [0.29, 0.717) is 48.9 Å². The minimum atomic E-state index is -1.05. The summed E-state index contributed by atoms with van der Waals surface area (Å²) in [5.74, 6) is -1.22. The van der Waals surface area contributed by atoms with Gasteiger partial charge >= 0.3 is 5.97 Å². The SMILES string of the molecule is COc1ccccc1C1OC(CC(=O)N2CCC(C(=O)O)CC2)C(=O)N(CC(C)(C)C)c2ccc(Cl)cc21. The molecule has 9 heteroatoms. The lowest BCUT2D eigenvalue weighted by atomic mass is 9.94. The first-order valence-electron chi connectivity index (χ1n) is 12.9. The molecule has 1 saturated heterocycles. The van der Waals surface area contributed by atoms with E-state index in [1.165, 1.54) is 0 Å². The van der Waals surface area contributed by atoms with E-state index in [9.17, 15) is 19.5 Å². The van der Waals surface area contributed by atoms with Gasteiger partial charge in [-0.25, -0.2) is 0 Å². The van der Waals surface area contributed by atoms with Gasteiger partial charge < -0.3 is 24.4 Å². The molecule has 0 radical (unpaired) electrons. The van der Waals surface area contributed by atoms with Crippen LogP contribution < -0.4 is 9.64 Å². The third-order valence-corrected chi connectivity index (χ3v) is 7.25. The standard InChI is InChI=1S/C29H35ClN2O6/c1-29(2,3)17-32-22-10-9-19(30)15-21(22)26(20-7-5-6-8-23(20)37-4)38-24(27(32)34)16-25(33)31-13-11-18(12-14-31)28(35)36/h5-10,15,18,24,26H,11-14,16-17H2,1-4H3,(H,35,36). The quantitative estimate of drug-likeness (QED) is 0.556. The van der Waals surface area contributed by atoms with Gasteiger partial charge in [0.1, 0.15) is 18.0 Å². The van der Waals surface area contributed by atoms with Crippen LogP contribution in [0.4, 0.5) is 5.69 Å². The molecule has 0 aromatic heterocycles. The number of carbonyl (C=O) groups is 3. The number of carboxylic acids is 1. The van der Waals surface area contributed by atoms with Gasteiger partial charge in [-0.05, 0) is 42.5 Å². The van der Waals surface area contributed by atoms with Gasteiger partial charge in [0.05, 0.1) is 19.4 Å². The van der Waals surface area contributed by atoms with Crippen LogP contribution in [0.2, 0.25) is 5.02 Å². The first-order valence-corrected chi connectivity index (χ1v) is 13.3. The van der Waals surface area contributed by atoms with Crippen LogP contribution in [0.5, 0.6) is 5.75 Å². The second-order valence-electron chi connectivity index (χ2n) is 11.1. The monoisotopic (exact) mass is 542 g/mol. The first-order chi connectivity index (χ1) is 18.0. The van der Waals surface area contributed by atoms with E-state index >= 15 is 0 Å². The number of ether oxygens (including phenoxy) is 2. The molecule has 2 atom stereocenters. The summed E-state index contributed by atoms with van der Waals surface area (Å²) >= 11 is 6.44. The van der Waals surface area contributed by atoms with Crippen LogP contribution >= 0.6 is 11.6 Å². The number of piperidine rings is 1. The van der Waals surface area contributed by atoms with E-state index in [2.05, 4.69) is 0 Å². The van der Waals surface area contributed by atoms with Gasteiger partial charge in [-0.3, -0.25) is 14.4 Å². The number of likely N-dealkylation sites (tertiary alicyclic amines) is 1. The molecule has 2 aromatic rings. The summed E-state index contributed by atoms with van der Waals surface area (Å²) in [5.41, 5.74) is 1.90. The van der Waals surface area contributed by atoms with E-state index in [0.717, 1.165) is 11.1 Å². The molecule has 2 aromatic carbocycles. The Morgan fingerprint density at radius 2 is 1.79 bits per heavy atom. The Labute approximate surface area is 228 Å². The Bertz CT molecular complexity index is 1200. The van der Waals surface area contributed by atoms with Crippen LogP contribution in [0.25, 0.3) is 0 Å². The number of anilines is 1. The molecular weight excluding hydrogens is 508 g/mol. The Kier molecular flexibility index (Phi) is 8.33. The van der Waals surface area contributed by atoms with Gasteiger partial charge in [0, 0.05) is 41.5 Å². The van der Waals surface area contributed by atoms with Crippen molar-refractivity contribution in [2.45, 2.75) is 52.2 Å². The summed E-state index contributed by atoms with van der Waals surface area (Å²) in [6.07, 6.45) is -1.12. The lowest BCUT2D eigenvalue weighted by molar-refractivity contribution is -0.148. The lowest BCUT2D eigenvalue weighted by Gasteiger charge is -2.33. The molecule has 2 heterocycles. The molecule has 0 bridgehead atoms. The fraction of sp³-hybridized carbons (Fsp3) is 0.483. The number of benzene rings is 2. The van der Waals surface area contributed by atoms with E-state index in [-0.39, 0.29) is 23.7 Å². The highest BCUT2D eigenvalue weighted by Crippen LogP contribution is 2.43. The molecule has 8 nitrogen and oxygen atoms in total. The summed E-state index contributed by atoms with van der Waals surface area (Å²) in [5, 5.41) is 9.81. The number of methoxy groups -OCH3 is 1. The number of amides is 2. The predicted octanol–water partition coefficient (Wildman–Crippen LogP) is 4.93. The zero-order chi connectivity index (χ0) is 27.6. The van der Waals surface area contributed by atoms with Gasteiger partial charge in [0.15, 0.2) is 0 Å². The van der Waals surface area contributed by atoms with Gasteiger partial charge in [-0.15, -0.1) is 0 Å². The molecule has 0 aliphatic carbocycles. The summed E-state index contributed by atoms with van der Waals surface area (Å²) in [4.78, 5) is 42.1. The number of carboxylic acid groups (broad SMARTS) is 1. The average Bonchev–Trinajstić information content (AvgIpc) is 2.98. The third-order valence-electron chi connectivity index (χ3n) is 7.02. The maximum absolute atomic E-state index is 14.1. The van der Waals surface area contributed by atoms with Crippen LogP contribution in [0.3, 0.4) is 0 Å². The maximum atomic E-state index is 14.1. The van der Waals surface area contributed by atoms with Crippen LogP contribution in [0, 0.1) is 11.3 Å². The number of hydrogen-bond acceptors (Lipinski definition) is 5. The van der Waals surface area contributed by atoms with Crippen LogP contribution in [-0.2, 0) is 19.1 Å². The lowest BCUT2D eigenvalue weighted by Crippen LogP contribution is -2.47. The van der Waals surface area contributed by atoms with Crippen LogP contribution in [0.15, 0.2) is 42.5 Å². The third kappa shape index (κ3) is 6.13. The predicted molar refractivity (Wildman–Crippen MR) is 145 cm³/mol. The van der Waals surface area contributed by atoms with Crippen molar-refractivity contribution in [1.82, 2.24) is 4.90 Å². The van der Waals surface area contributed by atoms with E-state index < -0.39 is 24.1 Å². The van der Waals surface area contributed by atoms with Crippen LogP contribution in [-0.4, -0.2) is 60.6 Å². The zero-order valence-electron chi connectivity index (χ0n) is 22.3. The fourth-order valence-electron chi connectivity index (χ4n) is 5.13. The summed E-state index contributed by atoms with van der Waals surface area (Å²) in [6, 6.07) is 12.8. The van der Waals surface area contributed by atoms with Crippen molar-refractivity contribution >= 4 is 35.1 Å². The van der Waals surface area contributed by atoms with Crippen molar-refractivity contribution in [1.29, 1.82) is 0 Å². The second-order valence-corrected chi connectivity index (χ2v) is 11.6. The fourth-order valence-corrected chi connectivity index (χ4v) is 5.31. The van der Waals surface area contributed by atoms with Crippen molar-refractivity contribution in [3.63, 3.8) is 0 Å². The largest absolute Gasteiger partial charge is 0.496 e. The molecule has 38 heavy (non-hydrogen) atoms. The van der Waals surface area contributed by atoms with Crippen molar-refractivity contribution in [2.75, 3.05) is 31.6 Å². The number of hydrogen-bond donors (Lipinski definition) is 1. The number of para-hydroxylation sites is 1. The number of halogens is 1. The molecule has 2 amide bonds. The van der Waals surface area contributed by atoms with Crippen molar-refractivity contribution in [3.05, 3.63) is 58.6 Å². The smallest absolute Gasteiger partial charge is 0.306 e. The van der Waals surface area contributed by atoms with E-state index in [1.807, 2.05) is 51.1 Å². The van der Waals surface area contributed by atoms with Crippen molar-refractivity contribution < 1.29 is 29.0 Å². The molecule has 2 aliphatic rings. The molecule has 2 aliphatic heterocycles. The minimum absolute atomic E-state index is 0.148. The molecule has 4 rings (SSSR count). The molecule has 1 fully saturated rings. The summed E-state index contributed by atoms with van der Waals surface area (Å²) in [7, 11) is 1.58. The van der Waals surface area contributed by atoms with Crippen molar-refractivity contribution in [3.8, 4) is 5.75 Å². The highest BCUT2D eigenvalue weighted by Gasteiger charge is 2.40. The topological polar surface area (TPSA) is 96.4 Å². The highest BCUT2D eigenvalue weighted by atomic mass is 35.5. The normalized spacial score (nSPS) is 20.6. The molecular formula is C29H35ClN2O6. The first kappa shape index (κ1) is 27.9. The van der Waals surface area contributed by atoms with Gasteiger partial charge in [-0.2, -0.15) is 0 Å². The number of aliphatic carboxylic acids is 1. The van der Waals surface area contributed by atoms with E-state index in [1.54, 1.807) is 29.0 Å². The zero-order valence-corrected chi connectivity index (χ0v) is 23.0. The van der Waals surface area contributed by atoms with Gasteiger partial charge in [0.25, 0.3) is 5.91 Å². The molecule has 1 N–H and O–H groups in total. The molecule has 0 spiro atoms. The summed E-state index contributed by atoms with van der Waals surface area (Å²) in [6.45, 7) is 7.24. The Balaban J connectivity index is 1.73. The molecule has 0 saturated carbocycles. The highest BCUT2D eigenvalue weighted by molar-refractivity contribution is 6.30. The second kappa shape index (κ2) is 11.3. The number of carbonyl (C=O) groups excluding carboxylic acids is 2. The Morgan fingerprint density at radius 1 is 1.11 bits per heavy atom. The van der Waals surface area contributed by atoms with Crippen LogP contribution in [0.1, 0.15) is 57.3 Å². The van der Waals surface area contributed by atoms with Crippen molar-refractivity contribution in [2.24, 2.45) is 11.3 Å². The number of rotatable bonds is 6.